The number of methoxy groups -OCH3 is 1. The summed E-state index contributed by atoms with van der Waals surface area (Å²) in [5.74, 6) is 0.725. The molecule has 0 unspecified atom stereocenters. The standard InChI is InChI=1S/C20H28N4O3S/c1-20(2)6-8-24(9-7-20)19(25)22-18-21-16-15(26-3)5-4-14(17(16)28-18)23-10-12-27-13-11-23/h4-5H,6-13H2,1-3H3,(H,21,22,25). The van der Waals surface area contributed by atoms with Crippen LogP contribution in [0.25, 0.3) is 10.2 Å². The highest BCUT2D eigenvalue weighted by atomic mass is 32.1. The summed E-state index contributed by atoms with van der Waals surface area (Å²) in [4.78, 5) is 21.6. The van der Waals surface area contributed by atoms with Crippen molar-refractivity contribution >= 4 is 38.4 Å². The number of benzene rings is 1. The van der Waals surface area contributed by atoms with E-state index in [0.29, 0.717) is 10.5 Å². The third-order valence-electron chi connectivity index (χ3n) is 5.68. The number of likely N-dealkylation sites (tertiary alicyclic amines) is 1. The summed E-state index contributed by atoms with van der Waals surface area (Å²) in [6.45, 7) is 9.24. The number of thiazole rings is 1. The molecule has 2 saturated heterocycles. The van der Waals surface area contributed by atoms with E-state index < -0.39 is 0 Å². The number of hydrogen-bond donors (Lipinski definition) is 1. The molecule has 1 aromatic carbocycles. The van der Waals surface area contributed by atoms with Crippen molar-refractivity contribution in [1.82, 2.24) is 9.88 Å². The predicted molar refractivity (Wildman–Crippen MR) is 113 cm³/mol. The van der Waals surface area contributed by atoms with E-state index in [9.17, 15) is 4.79 Å². The van der Waals surface area contributed by atoms with Crippen LogP contribution in [0, 0.1) is 5.41 Å². The van der Waals surface area contributed by atoms with E-state index in [2.05, 4.69) is 35.1 Å². The number of carbonyl (C=O) groups is 1. The molecule has 0 spiro atoms. The maximum Gasteiger partial charge on any atom is 0.323 e. The molecular weight excluding hydrogens is 376 g/mol. The van der Waals surface area contributed by atoms with Crippen molar-refractivity contribution in [2.45, 2.75) is 26.7 Å². The Hall–Kier alpha value is -2.06. The number of rotatable bonds is 3. The lowest BCUT2D eigenvalue weighted by atomic mass is 9.83. The molecule has 8 heteroatoms. The molecule has 2 aliphatic heterocycles. The second-order valence-corrected chi connectivity index (χ2v) is 9.16. The molecule has 7 nitrogen and oxygen atoms in total. The number of ether oxygens (including phenoxy) is 2. The first-order valence-electron chi connectivity index (χ1n) is 9.83. The molecule has 0 atom stereocenters. The third-order valence-corrected chi connectivity index (χ3v) is 6.67. The molecule has 2 fully saturated rings. The molecule has 0 bridgehead atoms. The van der Waals surface area contributed by atoms with Gasteiger partial charge in [0.1, 0.15) is 11.3 Å². The average molecular weight is 405 g/mol. The Labute approximate surface area is 169 Å². The monoisotopic (exact) mass is 404 g/mol. The summed E-state index contributed by atoms with van der Waals surface area (Å²) < 4.78 is 12.0. The van der Waals surface area contributed by atoms with Crippen molar-refractivity contribution < 1.29 is 14.3 Å². The van der Waals surface area contributed by atoms with Gasteiger partial charge in [-0.3, -0.25) is 5.32 Å². The highest BCUT2D eigenvalue weighted by Crippen LogP contribution is 2.40. The average Bonchev–Trinajstić information content (AvgIpc) is 3.11. The molecule has 3 heterocycles. The van der Waals surface area contributed by atoms with Crippen LogP contribution in [-0.2, 0) is 4.74 Å². The van der Waals surface area contributed by atoms with Crippen LogP contribution in [0.5, 0.6) is 5.75 Å². The molecule has 0 saturated carbocycles. The molecule has 1 aromatic heterocycles. The number of carbonyl (C=O) groups excluding carboxylic acids is 1. The Morgan fingerprint density at radius 2 is 1.93 bits per heavy atom. The summed E-state index contributed by atoms with van der Waals surface area (Å²) >= 11 is 1.51. The van der Waals surface area contributed by atoms with Gasteiger partial charge in [0.25, 0.3) is 0 Å². The minimum Gasteiger partial charge on any atom is -0.494 e. The molecule has 28 heavy (non-hydrogen) atoms. The van der Waals surface area contributed by atoms with E-state index in [0.717, 1.165) is 73.9 Å². The van der Waals surface area contributed by atoms with Crippen molar-refractivity contribution in [3.63, 3.8) is 0 Å². The second-order valence-electron chi connectivity index (χ2n) is 8.16. The van der Waals surface area contributed by atoms with Gasteiger partial charge < -0.3 is 19.3 Å². The van der Waals surface area contributed by atoms with Crippen molar-refractivity contribution in [3.8, 4) is 5.75 Å². The van der Waals surface area contributed by atoms with E-state index in [1.165, 1.54) is 11.3 Å². The van der Waals surface area contributed by atoms with Crippen molar-refractivity contribution in [2.24, 2.45) is 5.41 Å². The fourth-order valence-electron chi connectivity index (χ4n) is 3.73. The lowest BCUT2D eigenvalue weighted by molar-refractivity contribution is 0.123. The zero-order valence-corrected chi connectivity index (χ0v) is 17.6. The number of amides is 2. The van der Waals surface area contributed by atoms with Crippen LogP contribution in [0.1, 0.15) is 26.7 Å². The molecule has 2 amide bonds. The van der Waals surface area contributed by atoms with Gasteiger partial charge in [-0.2, -0.15) is 0 Å². The maximum atomic E-state index is 12.7. The molecule has 1 N–H and O–H groups in total. The number of urea groups is 1. The molecule has 0 radical (unpaired) electrons. The van der Waals surface area contributed by atoms with Crippen molar-refractivity contribution in [2.75, 3.05) is 56.7 Å². The van der Waals surface area contributed by atoms with Crippen LogP contribution in [0.4, 0.5) is 15.6 Å². The minimum absolute atomic E-state index is 0.0681. The normalized spacial score (nSPS) is 19.7. The van der Waals surface area contributed by atoms with Crippen LogP contribution in [0.2, 0.25) is 0 Å². The van der Waals surface area contributed by atoms with E-state index >= 15 is 0 Å². The Morgan fingerprint density at radius 1 is 1.21 bits per heavy atom. The maximum absolute atomic E-state index is 12.7. The van der Waals surface area contributed by atoms with Gasteiger partial charge in [0.2, 0.25) is 0 Å². The predicted octanol–water partition coefficient (Wildman–Crippen LogP) is 3.80. The van der Waals surface area contributed by atoms with Gasteiger partial charge in [-0.05, 0) is 30.4 Å². The Balaban J connectivity index is 1.57. The summed E-state index contributed by atoms with van der Waals surface area (Å²) in [5, 5.41) is 3.62. The molecule has 4 rings (SSSR count). The Bertz CT molecular complexity index is 850. The van der Waals surface area contributed by atoms with Crippen LogP contribution in [-0.4, -0.2) is 62.4 Å². The number of nitrogens with zero attached hydrogens (tertiary/aromatic N) is 3. The Kier molecular flexibility index (Phi) is 5.33. The van der Waals surface area contributed by atoms with Crippen LogP contribution in [0.3, 0.4) is 0 Å². The number of aromatic nitrogens is 1. The summed E-state index contributed by atoms with van der Waals surface area (Å²) in [6.07, 6.45) is 2.05. The zero-order valence-electron chi connectivity index (χ0n) is 16.8. The van der Waals surface area contributed by atoms with Gasteiger partial charge in [-0.1, -0.05) is 25.2 Å². The number of nitrogens with one attached hydrogen (secondary N) is 1. The highest BCUT2D eigenvalue weighted by molar-refractivity contribution is 7.23. The largest absolute Gasteiger partial charge is 0.494 e. The second kappa shape index (κ2) is 7.75. The third kappa shape index (κ3) is 3.89. The van der Waals surface area contributed by atoms with Crippen LogP contribution < -0.4 is 15.0 Å². The zero-order chi connectivity index (χ0) is 19.7. The van der Waals surface area contributed by atoms with Gasteiger partial charge in [0.05, 0.1) is 30.7 Å². The van der Waals surface area contributed by atoms with Gasteiger partial charge in [0.15, 0.2) is 5.13 Å². The number of hydrogen-bond acceptors (Lipinski definition) is 6. The summed E-state index contributed by atoms with van der Waals surface area (Å²) in [6, 6.07) is 3.95. The molecule has 2 aliphatic rings. The van der Waals surface area contributed by atoms with Crippen LogP contribution in [0.15, 0.2) is 12.1 Å². The number of morpholine rings is 1. The lowest BCUT2D eigenvalue weighted by Gasteiger charge is -2.36. The first-order chi connectivity index (χ1) is 13.5. The van der Waals surface area contributed by atoms with Gasteiger partial charge in [0, 0.05) is 26.2 Å². The number of piperidine rings is 1. The smallest absolute Gasteiger partial charge is 0.323 e. The van der Waals surface area contributed by atoms with E-state index in [1.807, 2.05) is 11.0 Å². The lowest BCUT2D eigenvalue weighted by Crippen LogP contribution is -2.43. The Morgan fingerprint density at radius 3 is 2.61 bits per heavy atom. The van der Waals surface area contributed by atoms with Crippen LogP contribution >= 0.6 is 11.3 Å². The fraction of sp³-hybridized carbons (Fsp3) is 0.600. The molecule has 2 aromatic rings. The first-order valence-corrected chi connectivity index (χ1v) is 10.6. The number of fused-ring (bicyclic) bond motifs is 1. The van der Waals surface area contributed by atoms with Gasteiger partial charge in [-0.25, -0.2) is 9.78 Å². The fourth-order valence-corrected chi connectivity index (χ4v) is 4.74. The molecule has 0 aliphatic carbocycles. The summed E-state index contributed by atoms with van der Waals surface area (Å²) in [5.41, 5.74) is 2.23. The van der Waals surface area contributed by atoms with E-state index in [1.54, 1.807) is 7.11 Å². The van der Waals surface area contributed by atoms with E-state index in [4.69, 9.17) is 9.47 Å². The van der Waals surface area contributed by atoms with Gasteiger partial charge >= 0.3 is 6.03 Å². The molecule has 152 valence electrons. The SMILES string of the molecule is COc1ccc(N2CCOCC2)c2sc(NC(=O)N3CCC(C)(C)CC3)nc12. The van der Waals surface area contributed by atoms with E-state index in [-0.39, 0.29) is 6.03 Å². The topological polar surface area (TPSA) is 66.9 Å². The van der Waals surface area contributed by atoms with Crippen molar-refractivity contribution in [1.29, 1.82) is 0 Å². The van der Waals surface area contributed by atoms with Gasteiger partial charge in [-0.15, -0.1) is 0 Å². The minimum atomic E-state index is -0.0681. The first kappa shape index (κ1) is 19.3. The quantitative estimate of drug-likeness (QED) is 0.843. The van der Waals surface area contributed by atoms with Crippen molar-refractivity contribution in [3.05, 3.63) is 12.1 Å². The summed E-state index contributed by atoms with van der Waals surface area (Å²) in [7, 11) is 1.65. The highest BCUT2D eigenvalue weighted by Gasteiger charge is 2.28. The molecular formula is C20H28N4O3S. The number of anilines is 2.